The SMILES string of the molecule is CC(=O)NC(CO)C(N)O. The van der Waals surface area contributed by atoms with Crippen molar-refractivity contribution in [2.45, 2.75) is 19.2 Å². The molecule has 60 valence electrons. The number of amides is 1. The van der Waals surface area contributed by atoms with Crippen molar-refractivity contribution in [3.05, 3.63) is 0 Å². The summed E-state index contributed by atoms with van der Waals surface area (Å²) in [7, 11) is 0. The Kier molecular flexibility index (Phi) is 3.94. The van der Waals surface area contributed by atoms with E-state index in [1.165, 1.54) is 6.92 Å². The van der Waals surface area contributed by atoms with E-state index < -0.39 is 12.3 Å². The highest BCUT2D eigenvalue weighted by molar-refractivity contribution is 5.73. The molecule has 0 saturated heterocycles. The zero-order valence-electron chi connectivity index (χ0n) is 5.74. The predicted octanol–water partition coefficient (Wildman–Crippen LogP) is -2.24. The first-order chi connectivity index (χ1) is 4.57. The molecule has 0 heterocycles. The average molecular weight is 148 g/mol. The van der Waals surface area contributed by atoms with Gasteiger partial charge in [0.2, 0.25) is 5.91 Å². The van der Waals surface area contributed by atoms with Crippen molar-refractivity contribution in [3.8, 4) is 0 Å². The molecule has 2 unspecified atom stereocenters. The van der Waals surface area contributed by atoms with Crippen LogP contribution in [0.25, 0.3) is 0 Å². The monoisotopic (exact) mass is 148 g/mol. The molecule has 0 aromatic heterocycles. The summed E-state index contributed by atoms with van der Waals surface area (Å²) >= 11 is 0. The lowest BCUT2D eigenvalue weighted by Crippen LogP contribution is -2.49. The summed E-state index contributed by atoms with van der Waals surface area (Å²) in [5.74, 6) is -0.330. The third-order valence-corrected chi connectivity index (χ3v) is 0.998. The zero-order valence-corrected chi connectivity index (χ0v) is 5.74. The number of rotatable bonds is 3. The predicted molar refractivity (Wildman–Crippen MR) is 34.9 cm³/mol. The van der Waals surface area contributed by atoms with Gasteiger partial charge in [0.15, 0.2) is 0 Å². The number of nitrogens with one attached hydrogen (secondary N) is 1. The Morgan fingerprint density at radius 3 is 2.40 bits per heavy atom. The van der Waals surface area contributed by atoms with Gasteiger partial charge in [0.25, 0.3) is 0 Å². The molecular formula is C5H12N2O3. The maximum atomic E-state index is 10.3. The summed E-state index contributed by atoms with van der Waals surface area (Å²) in [6.07, 6.45) is -1.21. The molecule has 0 radical (unpaired) electrons. The Morgan fingerprint density at radius 1 is 1.80 bits per heavy atom. The van der Waals surface area contributed by atoms with Gasteiger partial charge in [0.05, 0.1) is 12.6 Å². The Morgan fingerprint density at radius 2 is 2.30 bits per heavy atom. The summed E-state index contributed by atoms with van der Waals surface area (Å²) in [6, 6.07) is -0.766. The fraction of sp³-hybridized carbons (Fsp3) is 0.800. The molecule has 0 aliphatic carbocycles. The van der Waals surface area contributed by atoms with E-state index >= 15 is 0 Å². The van der Waals surface area contributed by atoms with Crippen molar-refractivity contribution < 1.29 is 15.0 Å². The van der Waals surface area contributed by atoms with Gasteiger partial charge in [-0.2, -0.15) is 0 Å². The molecule has 0 aliphatic rings. The summed E-state index contributed by atoms with van der Waals surface area (Å²) in [4.78, 5) is 10.3. The largest absolute Gasteiger partial charge is 0.394 e. The molecule has 0 aromatic carbocycles. The molecule has 5 N–H and O–H groups in total. The number of hydrogen-bond donors (Lipinski definition) is 4. The number of hydrogen-bond acceptors (Lipinski definition) is 4. The lowest BCUT2D eigenvalue weighted by molar-refractivity contribution is -0.120. The van der Waals surface area contributed by atoms with E-state index in [0.717, 1.165) is 0 Å². The van der Waals surface area contributed by atoms with Gasteiger partial charge in [0, 0.05) is 6.92 Å². The number of carbonyl (C=O) groups excluding carboxylic acids is 1. The number of aliphatic hydroxyl groups is 2. The minimum atomic E-state index is -1.21. The topological polar surface area (TPSA) is 95.6 Å². The lowest BCUT2D eigenvalue weighted by atomic mass is 10.3. The minimum absolute atomic E-state index is 0.330. The molecule has 0 saturated carbocycles. The van der Waals surface area contributed by atoms with Crippen LogP contribution in [0.5, 0.6) is 0 Å². The molecule has 5 nitrogen and oxygen atoms in total. The van der Waals surface area contributed by atoms with Crippen molar-refractivity contribution in [2.24, 2.45) is 5.73 Å². The van der Waals surface area contributed by atoms with Gasteiger partial charge in [-0.3, -0.25) is 4.79 Å². The fourth-order valence-corrected chi connectivity index (χ4v) is 0.500. The second kappa shape index (κ2) is 4.21. The van der Waals surface area contributed by atoms with Gasteiger partial charge in [-0.15, -0.1) is 0 Å². The molecule has 0 bridgehead atoms. The van der Waals surface area contributed by atoms with Gasteiger partial charge in [-0.05, 0) is 0 Å². The quantitative estimate of drug-likeness (QED) is 0.340. The van der Waals surface area contributed by atoms with E-state index in [2.05, 4.69) is 5.32 Å². The van der Waals surface area contributed by atoms with Crippen LogP contribution < -0.4 is 11.1 Å². The standard InChI is InChI=1S/C5H12N2O3/c1-3(9)7-4(2-8)5(6)10/h4-5,8,10H,2,6H2,1H3,(H,7,9). The molecule has 1 amide bonds. The highest BCUT2D eigenvalue weighted by Gasteiger charge is 2.13. The Hall–Kier alpha value is -0.650. The summed E-state index contributed by atoms with van der Waals surface area (Å²) in [6.45, 7) is 0.919. The summed E-state index contributed by atoms with van der Waals surface area (Å²) < 4.78 is 0. The second-order valence-corrected chi connectivity index (χ2v) is 1.98. The van der Waals surface area contributed by atoms with Crippen LogP contribution in [0, 0.1) is 0 Å². The van der Waals surface area contributed by atoms with Crippen molar-refractivity contribution in [3.63, 3.8) is 0 Å². The third-order valence-electron chi connectivity index (χ3n) is 0.998. The molecule has 0 aliphatic heterocycles. The normalized spacial score (nSPS) is 16.0. The molecule has 0 rings (SSSR count). The van der Waals surface area contributed by atoms with E-state index in [1.54, 1.807) is 0 Å². The Labute approximate surface area is 58.8 Å². The van der Waals surface area contributed by atoms with Crippen LogP contribution in [-0.4, -0.2) is 35.0 Å². The molecule has 0 fully saturated rings. The van der Waals surface area contributed by atoms with Crippen molar-refractivity contribution in [2.75, 3.05) is 6.61 Å². The highest BCUT2D eigenvalue weighted by atomic mass is 16.3. The first-order valence-corrected chi connectivity index (χ1v) is 2.89. The van der Waals surface area contributed by atoms with Gasteiger partial charge in [-0.1, -0.05) is 0 Å². The summed E-state index contributed by atoms with van der Waals surface area (Å²) in [5, 5.41) is 19.4. The molecule has 0 aromatic rings. The molecule has 0 spiro atoms. The van der Waals surface area contributed by atoms with E-state index in [9.17, 15) is 4.79 Å². The zero-order chi connectivity index (χ0) is 8.15. The van der Waals surface area contributed by atoms with Gasteiger partial charge >= 0.3 is 0 Å². The van der Waals surface area contributed by atoms with E-state index in [4.69, 9.17) is 15.9 Å². The molecule has 10 heavy (non-hydrogen) atoms. The number of carbonyl (C=O) groups is 1. The lowest BCUT2D eigenvalue weighted by Gasteiger charge is -2.17. The maximum Gasteiger partial charge on any atom is 0.217 e. The van der Waals surface area contributed by atoms with Crippen LogP contribution >= 0.6 is 0 Å². The summed E-state index contributed by atoms with van der Waals surface area (Å²) in [5.41, 5.74) is 4.98. The van der Waals surface area contributed by atoms with Crippen LogP contribution in [0.15, 0.2) is 0 Å². The fourth-order valence-electron chi connectivity index (χ4n) is 0.500. The molecule has 5 heteroatoms. The smallest absolute Gasteiger partial charge is 0.217 e. The Bertz CT molecular complexity index is 115. The first kappa shape index (κ1) is 9.35. The molecule has 2 atom stereocenters. The van der Waals surface area contributed by atoms with Gasteiger partial charge in [0.1, 0.15) is 6.23 Å². The Balaban J connectivity index is 3.71. The molecular weight excluding hydrogens is 136 g/mol. The highest BCUT2D eigenvalue weighted by Crippen LogP contribution is 1.84. The minimum Gasteiger partial charge on any atom is -0.394 e. The van der Waals surface area contributed by atoms with Crippen LogP contribution in [0.1, 0.15) is 6.92 Å². The second-order valence-electron chi connectivity index (χ2n) is 1.98. The van der Waals surface area contributed by atoms with Crippen molar-refractivity contribution in [1.29, 1.82) is 0 Å². The van der Waals surface area contributed by atoms with E-state index in [0.29, 0.717) is 0 Å². The first-order valence-electron chi connectivity index (χ1n) is 2.89. The van der Waals surface area contributed by atoms with E-state index in [-0.39, 0.29) is 12.5 Å². The van der Waals surface area contributed by atoms with E-state index in [1.807, 2.05) is 0 Å². The van der Waals surface area contributed by atoms with Crippen LogP contribution in [0.4, 0.5) is 0 Å². The maximum absolute atomic E-state index is 10.3. The van der Waals surface area contributed by atoms with Crippen LogP contribution in [0.3, 0.4) is 0 Å². The number of aliphatic hydroxyl groups excluding tert-OH is 2. The van der Waals surface area contributed by atoms with Gasteiger partial charge < -0.3 is 21.3 Å². The van der Waals surface area contributed by atoms with Crippen LogP contribution in [-0.2, 0) is 4.79 Å². The van der Waals surface area contributed by atoms with Crippen LogP contribution in [0.2, 0.25) is 0 Å². The van der Waals surface area contributed by atoms with Crippen molar-refractivity contribution >= 4 is 5.91 Å². The number of nitrogens with two attached hydrogens (primary N) is 1. The average Bonchev–Trinajstić information content (AvgIpc) is 1.81. The third kappa shape index (κ3) is 3.39. The van der Waals surface area contributed by atoms with Gasteiger partial charge in [-0.25, -0.2) is 0 Å². The van der Waals surface area contributed by atoms with Crippen molar-refractivity contribution in [1.82, 2.24) is 5.32 Å².